The zero-order valence-electron chi connectivity index (χ0n) is 15.4. The van der Waals surface area contributed by atoms with Crippen LogP contribution in [0.25, 0.3) is 11.0 Å². The van der Waals surface area contributed by atoms with E-state index in [2.05, 4.69) is 9.97 Å². The van der Waals surface area contributed by atoms with Crippen LogP contribution in [-0.4, -0.2) is 52.1 Å². The van der Waals surface area contributed by atoms with Crippen molar-refractivity contribution in [2.24, 2.45) is 11.8 Å². The second kappa shape index (κ2) is 7.55. The van der Waals surface area contributed by atoms with Gasteiger partial charge in [-0.25, -0.2) is 22.1 Å². The molecule has 27 heavy (non-hydrogen) atoms. The van der Waals surface area contributed by atoms with Gasteiger partial charge in [0.1, 0.15) is 11.6 Å². The number of piperidine rings is 1. The Balaban J connectivity index is 1.85. The number of benzene rings is 1. The van der Waals surface area contributed by atoms with Crippen molar-refractivity contribution in [2.45, 2.75) is 38.4 Å². The van der Waals surface area contributed by atoms with Crippen molar-refractivity contribution in [3.8, 4) is 0 Å². The Labute approximate surface area is 157 Å². The second-order valence-corrected chi connectivity index (χ2v) is 9.90. The fraction of sp³-hybridized carbons (Fsp3) is 0.556. The summed E-state index contributed by atoms with van der Waals surface area (Å²) >= 11 is 0. The molecular formula is C18H24FN3O4S. The van der Waals surface area contributed by atoms with E-state index in [1.807, 2.05) is 0 Å². The standard InChI is InChI=1S/C18H24FN3O4S/c1-11(2)27(25,26)22-6-5-12(8-18(23)24)13(10-22)7-17-20-15-4-3-14(19)9-16(15)21-17/h3-4,9,11-13H,5-8,10H2,1-2H3,(H,20,21)(H,23,24). The molecule has 1 aromatic heterocycles. The number of hydrogen-bond acceptors (Lipinski definition) is 4. The average Bonchev–Trinajstić information content (AvgIpc) is 2.97. The van der Waals surface area contributed by atoms with Crippen molar-refractivity contribution in [3.05, 3.63) is 29.8 Å². The molecule has 1 fully saturated rings. The molecule has 0 spiro atoms. The number of carboxylic acids is 1. The van der Waals surface area contributed by atoms with Crippen LogP contribution in [-0.2, 0) is 21.2 Å². The van der Waals surface area contributed by atoms with Crippen LogP contribution in [0.3, 0.4) is 0 Å². The predicted molar refractivity (Wildman–Crippen MR) is 99.2 cm³/mol. The molecular weight excluding hydrogens is 373 g/mol. The van der Waals surface area contributed by atoms with Crippen LogP contribution in [0, 0.1) is 17.7 Å². The maximum absolute atomic E-state index is 13.4. The van der Waals surface area contributed by atoms with Crippen LogP contribution in [0.4, 0.5) is 4.39 Å². The molecule has 0 saturated carbocycles. The van der Waals surface area contributed by atoms with E-state index in [4.69, 9.17) is 0 Å². The fourth-order valence-corrected chi connectivity index (χ4v) is 5.04. The van der Waals surface area contributed by atoms with Gasteiger partial charge in [0, 0.05) is 25.9 Å². The van der Waals surface area contributed by atoms with E-state index in [0.717, 1.165) is 0 Å². The van der Waals surface area contributed by atoms with Crippen LogP contribution >= 0.6 is 0 Å². The second-order valence-electron chi connectivity index (χ2n) is 7.41. The first kappa shape index (κ1) is 19.8. The molecule has 2 N–H and O–H groups in total. The number of halogens is 1. The lowest BCUT2D eigenvalue weighted by Crippen LogP contribution is -2.47. The Hall–Kier alpha value is -2.00. The molecule has 1 aliphatic heterocycles. The fourth-order valence-electron chi connectivity index (χ4n) is 3.68. The summed E-state index contributed by atoms with van der Waals surface area (Å²) in [5, 5.41) is 8.69. The summed E-state index contributed by atoms with van der Waals surface area (Å²) in [4.78, 5) is 18.7. The van der Waals surface area contributed by atoms with Crippen LogP contribution in [0.2, 0.25) is 0 Å². The summed E-state index contributed by atoms with van der Waals surface area (Å²) in [6.07, 6.45) is 0.908. The zero-order valence-corrected chi connectivity index (χ0v) is 16.2. The van der Waals surface area contributed by atoms with Gasteiger partial charge in [-0.05, 0) is 50.3 Å². The number of rotatable bonds is 6. The molecule has 1 saturated heterocycles. The number of hydrogen-bond donors (Lipinski definition) is 2. The first-order valence-electron chi connectivity index (χ1n) is 9.01. The number of aromatic nitrogens is 2. The maximum Gasteiger partial charge on any atom is 0.303 e. The Morgan fingerprint density at radius 3 is 2.81 bits per heavy atom. The van der Waals surface area contributed by atoms with Gasteiger partial charge in [0.05, 0.1) is 16.3 Å². The van der Waals surface area contributed by atoms with Gasteiger partial charge in [-0.3, -0.25) is 4.79 Å². The molecule has 0 bridgehead atoms. The Bertz CT molecular complexity index is 941. The third kappa shape index (κ3) is 4.30. The molecule has 148 valence electrons. The molecule has 0 aliphatic carbocycles. The molecule has 0 amide bonds. The topological polar surface area (TPSA) is 103 Å². The van der Waals surface area contributed by atoms with Crippen LogP contribution < -0.4 is 0 Å². The summed E-state index contributed by atoms with van der Waals surface area (Å²) in [6.45, 7) is 3.88. The highest BCUT2D eigenvalue weighted by atomic mass is 32.2. The Kier molecular flexibility index (Phi) is 5.53. The number of H-pyrrole nitrogens is 1. The quantitative estimate of drug-likeness (QED) is 0.779. The van der Waals surface area contributed by atoms with Crippen molar-refractivity contribution in [1.82, 2.24) is 14.3 Å². The molecule has 1 aliphatic rings. The summed E-state index contributed by atoms with van der Waals surface area (Å²) in [7, 11) is -3.40. The number of fused-ring (bicyclic) bond motifs is 1. The van der Waals surface area contributed by atoms with Gasteiger partial charge in [0.2, 0.25) is 10.0 Å². The molecule has 2 aromatic rings. The molecule has 2 unspecified atom stereocenters. The normalized spacial score (nSPS) is 21.8. The van der Waals surface area contributed by atoms with Crippen molar-refractivity contribution in [1.29, 1.82) is 0 Å². The minimum absolute atomic E-state index is 0.00487. The summed E-state index contributed by atoms with van der Waals surface area (Å²) in [5.41, 5.74) is 1.20. The van der Waals surface area contributed by atoms with Gasteiger partial charge in [-0.2, -0.15) is 0 Å². The first-order chi connectivity index (χ1) is 12.7. The Morgan fingerprint density at radius 1 is 1.41 bits per heavy atom. The van der Waals surface area contributed by atoms with Crippen molar-refractivity contribution >= 4 is 27.0 Å². The van der Waals surface area contributed by atoms with Crippen LogP contribution in [0.15, 0.2) is 18.2 Å². The highest BCUT2D eigenvalue weighted by Gasteiger charge is 2.37. The molecule has 9 heteroatoms. The minimum Gasteiger partial charge on any atom is -0.481 e. The summed E-state index contributed by atoms with van der Waals surface area (Å²) < 4.78 is 39.9. The predicted octanol–water partition coefficient (Wildman–Crippen LogP) is 2.40. The monoisotopic (exact) mass is 397 g/mol. The highest BCUT2D eigenvalue weighted by molar-refractivity contribution is 7.89. The first-order valence-corrected chi connectivity index (χ1v) is 10.5. The zero-order chi connectivity index (χ0) is 19.8. The SMILES string of the molecule is CC(C)S(=O)(=O)N1CCC(CC(=O)O)C(Cc2nc3ccc(F)cc3[nH]2)C1. The lowest BCUT2D eigenvalue weighted by molar-refractivity contribution is -0.138. The number of imidazole rings is 1. The number of nitrogens with zero attached hydrogens (tertiary/aromatic N) is 2. The van der Waals surface area contributed by atoms with Gasteiger partial charge >= 0.3 is 5.97 Å². The van der Waals surface area contributed by atoms with E-state index >= 15 is 0 Å². The van der Waals surface area contributed by atoms with Crippen LogP contribution in [0.1, 0.15) is 32.5 Å². The molecule has 2 atom stereocenters. The summed E-state index contributed by atoms with van der Waals surface area (Å²) in [5.74, 6) is -0.954. The van der Waals surface area contributed by atoms with Gasteiger partial charge < -0.3 is 10.1 Å². The number of nitrogens with one attached hydrogen (secondary N) is 1. The molecule has 2 heterocycles. The van der Waals surface area contributed by atoms with Gasteiger partial charge in [0.25, 0.3) is 0 Å². The number of aromatic amines is 1. The molecule has 3 rings (SSSR count). The number of sulfonamides is 1. The third-order valence-electron chi connectivity index (χ3n) is 5.20. The average molecular weight is 397 g/mol. The van der Waals surface area contributed by atoms with E-state index in [1.54, 1.807) is 19.9 Å². The molecule has 7 nitrogen and oxygen atoms in total. The number of carboxylic acid groups (broad SMARTS) is 1. The van der Waals surface area contributed by atoms with E-state index in [0.29, 0.717) is 36.2 Å². The van der Waals surface area contributed by atoms with Crippen molar-refractivity contribution in [3.63, 3.8) is 0 Å². The molecule has 1 aromatic carbocycles. The largest absolute Gasteiger partial charge is 0.481 e. The Morgan fingerprint density at radius 2 is 2.15 bits per heavy atom. The van der Waals surface area contributed by atoms with Crippen LogP contribution in [0.5, 0.6) is 0 Å². The van der Waals surface area contributed by atoms with Gasteiger partial charge in [-0.1, -0.05) is 0 Å². The van der Waals surface area contributed by atoms with E-state index in [1.165, 1.54) is 16.4 Å². The van der Waals surface area contributed by atoms with E-state index < -0.39 is 21.2 Å². The third-order valence-corrected chi connectivity index (χ3v) is 7.44. The van der Waals surface area contributed by atoms with Crippen molar-refractivity contribution in [2.75, 3.05) is 13.1 Å². The minimum atomic E-state index is -3.40. The number of aliphatic carboxylic acids is 1. The maximum atomic E-state index is 13.4. The smallest absolute Gasteiger partial charge is 0.303 e. The summed E-state index contributed by atoms with van der Waals surface area (Å²) in [6, 6.07) is 4.27. The number of carbonyl (C=O) groups is 1. The van der Waals surface area contributed by atoms with Crippen molar-refractivity contribution < 1.29 is 22.7 Å². The lowest BCUT2D eigenvalue weighted by atomic mass is 9.82. The molecule has 0 radical (unpaired) electrons. The van der Waals surface area contributed by atoms with Gasteiger partial charge in [-0.15, -0.1) is 0 Å². The lowest BCUT2D eigenvalue weighted by Gasteiger charge is -2.38. The highest BCUT2D eigenvalue weighted by Crippen LogP contribution is 2.31. The van der Waals surface area contributed by atoms with E-state index in [-0.39, 0.29) is 30.6 Å². The van der Waals surface area contributed by atoms with E-state index in [9.17, 15) is 22.7 Å². The van der Waals surface area contributed by atoms with Gasteiger partial charge in [0.15, 0.2) is 0 Å².